The van der Waals surface area contributed by atoms with E-state index in [0.29, 0.717) is 11.4 Å². The predicted octanol–water partition coefficient (Wildman–Crippen LogP) is 0.912. The molecule has 2 heterocycles. The predicted molar refractivity (Wildman–Crippen MR) is 75.2 cm³/mol. The smallest absolute Gasteiger partial charge is 0.263 e. The number of sulfonamides is 1. The molecule has 98 valence electrons. The van der Waals surface area contributed by atoms with Crippen LogP contribution in [0.5, 0.6) is 0 Å². The molecule has 2 aromatic rings. The lowest BCUT2D eigenvalue weighted by atomic mass is 10.3. The van der Waals surface area contributed by atoms with Gasteiger partial charge in [-0.3, -0.25) is 14.7 Å². The van der Waals surface area contributed by atoms with Crippen LogP contribution in [0.1, 0.15) is 5.69 Å². The van der Waals surface area contributed by atoms with Crippen molar-refractivity contribution < 1.29 is 8.42 Å². The van der Waals surface area contributed by atoms with E-state index >= 15 is 0 Å². The van der Waals surface area contributed by atoms with Gasteiger partial charge in [0.2, 0.25) is 0 Å². The molecule has 0 fully saturated rings. The summed E-state index contributed by atoms with van der Waals surface area (Å²) in [7, 11) is -3.69. The highest BCUT2D eigenvalue weighted by atomic mass is 32.2. The van der Waals surface area contributed by atoms with E-state index in [1.165, 1.54) is 24.5 Å². The number of anilines is 1. The van der Waals surface area contributed by atoms with Crippen LogP contribution in [0.3, 0.4) is 0 Å². The molecule has 0 aliphatic rings. The third-order valence-electron chi connectivity index (χ3n) is 2.21. The first-order chi connectivity index (χ1) is 8.99. The molecular weight excluding hydrogens is 284 g/mol. The highest BCUT2D eigenvalue weighted by molar-refractivity contribution is 7.92. The average Bonchev–Trinajstić information content (AvgIpc) is 2.39. The molecule has 0 aliphatic heterocycles. The molecule has 19 heavy (non-hydrogen) atoms. The van der Waals surface area contributed by atoms with E-state index in [4.69, 9.17) is 18.0 Å². The fraction of sp³-hybridized carbons (Fsp3) is 0. The Hall–Kier alpha value is -2.06. The van der Waals surface area contributed by atoms with E-state index in [1.54, 1.807) is 18.3 Å². The van der Waals surface area contributed by atoms with E-state index in [1.807, 2.05) is 0 Å². The molecule has 0 bridgehead atoms. The van der Waals surface area contributed by atoms with Crippen molar-refractivity contribution in [3.8, 4) is 0 Å². The monoisotopic (exact) mass is 294 g/mol. The van der Waals surface area contributed by atoms with Crippen LogP contribution in [0.25, 0.3) is 0 Å². The third-order valence-corrected chi connectivity index (χ3v) is 3.79. The van der Waals surface area contributed by atoms with Crippen LogP contribution >= 0.6 is 12.2 Å². The zero-order valence-corrected chi connectivity index (χ0v) is 11.3. The van der Waals surface area contributed by atoms with Crippen LogP contribution in [0.15, 0.2) is 47.8 Å². The van der Waals surface area contributed by atoms with Gasteiger partial charge in [-0.2, -0.15) is 0 Å². The molecule has 0 amide bonds. The van der Waals surface area contributed by atoms with Gasteiger partial charge >= 0.3 is 0 Å². The minimum atomic E-state index is -3.69. The first-order valence-electron chi connectivity index (χ1n) is 5.18. The van der Waals surface area contributed by atoms with E-state index in [-0.39, 0.29) is 9.88 Å². The topological polar surface area (TPSA) is 98.0 Å². The van der Waals surface area contributed by atoms with Gasteiger partial charge in [-0.15, -0.1) is 0 Å². The van der Waals surface area contributed by atoms with E-state index in [2.05, 4.69) is 14.7 Å². The fourth-order valence-corrected chi connectivity index (χ4v) is 2.43. The second-order valence-electron chi connectivity index (χ2n) is 3.59. The Morgan fingerprint density at radius 2 is 2.05 bits per heavy atom. The number of hydrogen-bond donors (Lipinski definition) is 2. The van der Waals surface area contributed by atoms with Crippen molar-refractivity contribution in [2.24, 2.45) is 5.73 Å². The van der Waals surface area contributed by atoms with Gasteiger partial charge < -0.3 is 5.73 Å². The summed E-state index contributed by atoms with van der Waals surface area (Å²) in [5.74, 6) is 0. The van der Waals surface area contributed by atoms with Gasteiger partial charge in [0.25, 0.3) is 10.0 Å². The molecule has 0 atom stereocenters. The standard InChI is InChI=1S/C11H10N4O2S2/c12-11(18)10-4-3-9(7-14-10)19(16,17)15-8-2-1-5-13-6-8/h1-7,15H,(H2,12,18). The molecule has 0 unspecified atom stereocenters. The second-order valence-corrected chi connectivity index (χ2v) is 5.71. The molecule has 0 saturated heterocycles. The molecule has 8 heteroatoms. The van der Waals surface area contributed by atoms with Crippen molar-refractivity contribution in [3.05, 3.63) is 48.5 Å². The summed E-state index contributed by atoms with van der Waals surface area (Å²) in [5, 5.41) is 0. The largest absolute Gasteiger partial charge is 0.388 e. The average molecular weight is 294 g/mol. The van der Waals surface area contributed by atoms with Crippen LogP contribution < -0.4 is 10.5 Å². The first kappa shape index (κ1) is 13.4. The number of rotatable bonds is 4. The number of aromatic nitrogens is 2. The molecule has 0 aromatic carbocycles. The van der Waals surface area contributed by atoms with Crippen molar-refractivity contribution >= 4 is 32.9 Å². The minimum Gasteiger partial charge on any atom is -0.388 e. The summed E-state index contributed by atoms with van der Waals surface area (Å²) in [6, 6.07) is 6.08. The highest BCUT2D eigenvalue weighted by Crippen LogP contribution is 2.14. The maximum absolute atomic E-state index is 12.0. The Morgan fingerprint density at radius 1 is 1.26 bits per heavy atom. The number of nitrogens with two attached hydrogens (primary N) is 1. The minimum absolute atomic E-state index is 0.0244. The maximum Gasteiger partial charge on any atom is 0.263 e. The SMILES string of the molecule is NC(=S)c1ccc(S(=O)(=O)Nc2cccnc2)cn1. The Bertz CT molecular complexity index is 684. The normalized spacial score (nSPS) is 10.9. The summed E-state index contributed by atoms with van der Waals surface area (Å²) < 4.78 is 26.5. The van der Waals surface area contributed by atoms with Gasteiger partial charge in [0, 0.05) is 12.4 Å². The second kappa shape index (κ2) is 5.29. The zero-order valence-electron chi connectivity index (χ0n) is 9.65. The number of pyridine rings is 2. The van der Waals surface area contributed by atoms with Crippen LogP contribution in [0.4, 0.5) is 5.69 Å². The Kier molecular flexibility index (Phi) is 3.72. The van der Waals surface area contributed by atoms with Crippen LogP contribution in [-0.2, 0) is 10.0 Å². The molecule has 0 spiro atoms. The molecule has 0 aliphatic carbocycles. The summed E-state index contributed by atoms with van der Waals surface area (Å²) in [6.45, 7) is 0. The van der Waals surface area contributed by atoms with E-state index in [0.717, 1.165) is 0 Å². The lowest BCUT2D eigenvalue weighted by Crippen LogP contribution is -2.15. The molecule has 2 aromatic heterocycles. The van der Waals surface area contributed by atoms with Crippen molar-refractivity contribution in [2.75, 3.05) is 4.72 Å². The first-order valence-corrected chi connectivity index (χ1v) is 7.07. The van der Waals surface area contributed by atoms with Crippen LogP contribution in [0, 0.1) is 0 Å². The lowest BCUT2D eigenvalue weighted by Gasteiger charge is -2.07. The summed E-state index contributed by atoms with van der Waals surface area (Å²) in [5.41, 5.74) is 6.14. The number of nitrogens with one attached hydrogen (secondary N) is 1. The Balaban J connectivity index is 2.27. The summed E-state index contributed by atoms with van der Waals surface area (Å²) in [4.78, 5) is 7.85. The van der Waals surface area contributed by atoms with Gasteiger partial charge in [-0.1, -0.05) is 12.2 Å². The van der Waals surface area contributed by atoms with Gasteiger partial charge in [-0.25, -0.2) is 8.42 Å². The zero-order chi connectivity index (χ0) is 13.9. The molecule has 0 saturated carbocycles. The van der Waals surface area contributed by atoms with Crippen molar-refractivity contribution in [2.45, 2.75) is 4.90 Å². The number of hydrogen-bond acceptors (Lipinski definition) is 5. The third kappa shape index (κ3) is 3.24. The van der Waals surface area contributed by atoms with Crippen molar-refractivity contribution in [1.29, 1.82) is 0 Å². The maximum atomic E-state index is 12.0. The van der Waals surface area contributed by atoms with Crippen molar-refractivity contribution in [1.82, 2.24) is 9.97 Å². The number of thiocarbonyl (C=S) groups is 1. The Labute approximate surface area is 115 Å². The molecule has 3 N–H and O–H groups in total. The van der Waals surface area contributed by atoms with Gasteiger partial charge in [0.15, 0.2) is 0 Å². The molecular formula is C11H10N4O2S2. The van der Waals surface area contributed by atoms with Crippen LogP contribution in [0.2, 0.25) is 0 Å². The quantitative estimate of drug-likeness (QED) is 0.813. The van der Waals surface area contributed by atoms with Gasteiger partial charge in [-0.05, 0) is 24.3 Å². The molecule has 0 radical (unpaired) electrons. The van der Waals surface area contributed by atoms with E-state index in [9.17, 15) is 8.42 Å². The fourth-order valence-electron chi connectivity index (χ4n) is 1.32. The summed E-state index contributed by atoms with van der Waals surface area (Å²) >= 11 is 4.75. The van der Waals surface area contributed by atoms with Gasteiger partial charge in [0.1, 0.15) is 9.88 Å². The van der Waals surface area contributed by atoms with Gasteiger partial charge in [0.05, 0.1) is 17.6 Å². The lowest BCUT2D eigenvalue weighted by molar-refractivity contribution is 0.601. The van der Waals surface area contributed by atoms with E-state index < -0.39 is 10.0 Å². The number of nitrogens with zero attached hydrogens (tertiary/aromatic N) is 2. The molecule has 6 nitrogen and oxygen atoms in total. The highest BCUT2D eigenvalue weighted by Gasteiger charge is 2.14. The summed E-state index contributed by atoms with van der Waals surface area (Å²) in [6.07, 6.45) is 4.16. The van der Waals surface area contributed by atoms with Crippen molar-refractivity contribution in [3.63, 3.8) is 0 Å². The molecule has 2 rings (SSSR count). The Morgan fingerprint density at radius 3 is 2.58 bits per heavy atom. The van der Waals surface area contributed by atoms with Crippen LogP contribution in [-0.4, -0.2) is 23.4 Å².